The molecule has 0 amide bonds. The molecule has 0 fully saturated rings. The highest BCUT2D eigenvalue weighted by Gasteiger charge is 2.13. The lowest BCUT2D eigenvalue weighted by molar-refractivity contribution is -0.138. The number of ether oxygens (including phenoxy) is 2. The van der Waals surface area contributed by atoms with E-state index in [1.54, 1.807) is 12.1 Å². The molecule has 0 N–H and O–H groups in total. The maximum absolute atomic E-state index is 12.1. The second kappa shape index (κ2) is 16.1. The topological polar surface area (TPSA) is 52.6 Å². The van der Waals surface area contributed by atoms with Crippen LogP contribution in [0, 0.1) is 5.92 Å². The van der Waals surface area contributed by atoms with Crippen LogP contribution < -0.4 is 9.47 Å². The number of benzene rings is 2. The lowest BCUT2D eigenvalue weighted by atomic mass is 10.1. The lowest BCUT2D eigenvalue weighted by Gasteiger charge is -2.10. The second-order valence-electron chi connectivity index (χ2n) is 9.19. The summed E-state index contributed by atoms with van der Waals surface area (Å²) in [6.07, 6.45) is 13.7. The molecule has 0 aliphatic rings. The third-order valence-corrected chi connectivity index (χ3v) is 6.24. The van der Waals surface area contributed by atoms with Crippen LogP contribution in [0.1, 0.15) is 97.8 Å². The molecule has 0 bridgehead atoms. The van der Waals surface area contributed by atoms with Gasteiger partial charge in [0.2, 0.25) is 0 Å². The zero-order valence-electron chi connectivity index (χ0n) is 21.3. The summed E-state index contributed by atoms with van der Waals surface area (Å²) >= 11 is 0. The summed E-state index contributed by atoms with van der Waals surface area (Å²) < 4.78 is 10.9. The van der Waals surface area contributed by atoms with E-state index in [2.05, 4.69) is 6.92 Å². The first kappa shape index (κ1) is 27.6. The zero-order valence-corrected chi connectivity index (χ0v) is 21.3. The fourth-order valence-electron chi connectivity index (χ4n) is 3.75. The van der Waals surface area contributed by atoms with Crippen LogP contribution in [-0.4, -0.2) is 11.9 Å². The molecule has 0 aliphatic heterocycles. The molecule has 0 aliphatic carbocycles. The van der Waals surface area contributed by atoms with E-state index >= 15 is 0 Å². The van der Waals surface area contributed by atoms with Gasteiger partial charge >= 0.3 is 11.9 Å². The van der Waals surface area contributed by atoms with Crippen LogP contribution in [0.25, 0.3) is 11.1 Å². The van der Waals surface area contributed by atoms with Gasteiger partial charge in [-0.05, 0) is 48.2 Å². The molecule has 0 heterocycles. The van der Waals surface area contributed by atoms with Crippen molar-refractivity contribution in [1.82, 2.24) is 0 Å². The van der Waals surface area contributed by atoms with Gasteiger partial charge in [-0.2, -0.15) is 0 Å². The molecular formula is C30H42O4. The monoisotopic (exact) mass is 466 g/mol. The van der Waals surface area contributed by atoms with Gasteiger partial charge in [0.15, 0.2) is 0 Å². The molecule has 4 nitrogen and oxygen atoms in total. The van der Waals surface area contributed by atoms with E-state index in [1.165, 1.54) is 51.4 Å². The maximum Gasteiger partial charge on any atom is 0.314 e. The molecule has 1 atom stereocenters. The van der Waals surface area contributed by atoms with Gasteiger partial charge in [-0.15, -0.1) is 0 Å². The molecule has 0 aromatic heterocycles. The molecule has 34 heavy (non-hydrogen) atoms. The Balaban J connectivity index is 1.67. The van der Waals surface area contributed by atoms with E-state index in [9.17, 15) is 9.59 Å². The molecule has 1 unspecified atom stereocenters. The van der Waals surface area contributed by atoms with Crippen molar-refractivity contribution in [1.29, 1.82) is 0 Å². The zero-order chi connectivity index (χ0) is 24.6. The Hall–Kier alpha value is -2.62. The predicted molar refractivity (Wildman–Crippen MR) is 139 cm³/mol. The largest absolute Gasteiger partial charge is 0.427 e. The highest BCUT2D eigenvalue weighted by atomic mass is 16.5. The van der Waals surface area contributed by atoms with Gasteiger partial charge in [-0.25, -0.2) is 0 Å². The molecule has 4 heteroatoms. The van der Waals surface area contributed by atoms with Crippen molar-refractivity contribution in [2.45, 2.75) is 97.8 Å². The van der Waals surface area contributed by atoms with Crippen molar-refractivity contribution in [3.63, 3.8) is 0 Å². The smallest absolute Gasteiger partial charge is 0.314 e. The normalized spacial score (nSPS) is 11.7. The minimum Gasteiger partial charge on any atom is -0.427 e. The Bertz CT molecular complexity index is 839. The van der Waals surface area contributed by atoms with E-state index in [-0.39, 0.29) is 17.9 Å². The summed E-state index contributed by atoms with van der Waals surface area (Å²) in [5.74, 6) is 0.630. The summed E-state index contributed by atoms with van der Waals surface area (Å²) in [6, 6.07) is 15.0. The van der Waals surface area contributed by atoms with Crippen LogP contribution in [0.4, 0.5) is 0 Å². The second-order valence-corrected chi connectivity index (χ2v) is 9.19. The van der Waals surface area contributed by atoms with Gasteiger partial charge in [0.1, 0.15) is 11.5 Å². The average Bonchev–Trinajstić information content (AvgIpc) is 2.85. The van der Waals surface area contributed by atoms with Crippen LogP contribution in [0.2, 0.25) is 0 Å². The Morgan fingerprint density at radius 2 is 1.09 bits per heavy atom. The van der Waals surface area contributed by atoms with Gasteiger partial charge in [0.25, 0.3) is 0 Å². The van der Waals surface area contributed by atoms with Crippen LogP contribution in [0.3, 0.4) is 0 Å². The summed E-state index contributed by atoms with van der Waals surface area (Å²) in [5, 5.41) is 0. The third-order valence-electron chi connectivity index (χ3n) is 6.24. The Morgan fingerprint density at radius 1 is 0.647 bits per heavy atom. The van der Waals surface area contributed by atoms with Crippen LogP contribution in [-0.2, 0) is 9.59 Å². The Labute approximate surface area is 206 Å². The summed E-state index contributed by atoms with van der Waals surface area (Å²) in [4.78, 5) is 24.1. The molecule has 0 saturated carbocycles. The first-order chi connectivity index (χ1) is 16.5. The lowest BCUT2D eigenvalue weighted by Crippen LogP contribution is -2.16. The van der Waals surface area contributed by atoms with E-state index in [1.807, 2.05) is 50.2 Å². The van der Waals surface area contributed by atoms with Crippen molar-refractivity contribution in [3.8, 4) is 22.6 Å². The molecule has 2 aromatic carbocycles. The van der Waals surface area contributed by atoms with Crippen molar-refractivity contribution in [2.75, 3.05) is 0 Å². The standard InChI is InChI=1S/C30H42O4/c1-4-6-7-8-9-10-11-12-13-14-15-29(31)33-27-20-16-25(17-21-27)26-18-22-28(23-19-26)34-30(32)24(3)5-2/h16-24H,4-15H2,1-3H3. The molecule has 2 rings (SSSR count). The van der Waals surface area contributed by atoms with E-state index in [0.29, 0.717) is 17.9 Å². The fourth-order valence-corrected chi connectivity index (χ4v) is 3.75. The average molecular weight is 467 g/mol. The molecule has 0 spiro atoms. The molecule has 0 saturated heterocycles. The van der Waals surface area contributed by atoms with E-state index in [0.717, 1.165) is 30.4 Å². The molecule has 186 valence electrons. The Kier molecular flexibility index (Phi) is 13.1. The quantitative estimate of drug-likeness (QED) is 0.141. The highest BCUT2D eigenvalue weighted by molar-refractivity contribution is 5.75. The number of rotatable bonds is 16. The number of hydrogen-bond donors (Lipinski definition) is 0. The van der Waals surface area contributed by atoms with Gasteiger partial charge < -0.3 is 9.47 Å². The molecule has 2 aromatic rings. The van der Waals surface area contributed by atoms with Crippen LogP contribution in [0.5, 0.6) is 11.5 Å². The van der Waals surface area contributed by atoms with Gasteiger partial charge in [0, 0.05) is 6.42 Å². The highest BCUT2D eigenvalue weighted by Crippen LogP contribution is 2.25. The number of unbranched alkanes of at least 4 members (excludes halogenated alkanes) is 9. The van der Waals surface area contributed by atoms with E-state index < -0.39 is 0 Å². The minimum absolute atomic E-state index is 0.111. The van der Waals surface area contributed by atoms with Gasteiger partial charge in [0.05, 0.1) is 5.92 Å². The number of esters is 2. The first-order valence-electron chi connectivity index (χ1n) is 13.2. The summed E-state index contributed by atoms with van der Waals surface area (Å²) in [7, 11) is 0. The van der Waals surface area contributed by atoms with Gasteiger partial charge in [-0.3, -0.25) is 9.59 Å². The van der Waals surface area contributed by atoms with Gasteiger partial charge in [-0.1, -0.05) is 103 Å². The number of carbonyl (C=O) groups excluding carboxylic acids is 2. The van der Waals surface area contributed by atoms with Crippen molar-refractivity contribution < 1.29 is 19.1 Å². The fraction of sp³-hybridized carbons (Fsp3) is 0.533. The Morgan fingerprint density at radius 3 is 1.56 bits per heavy atom. The summed E-state index contributed by atoms with van der Waals surface area (Å²) in [6.45, 7) is 6.08. The first-order valence-corrected chi connectivity index (χ1v) is 13.2. The van der Waals surface area contributed by atoms with Crippen molar-refractivity contribution in [3.05, 3.63) is 48.5 Å². The summed E-state index contributed by atoms with van der Waals surface area (Å²) in [5.41, 5.74) is 2.01. The minimum atomic E-state index is -0.209. The van der Waals surface area contributed by atoms with Crippen molar-refractivity contribution >= 4 is 11.9 Å². The van der Waals surface area contributed by atoms with Crippen molar-refractivity contribution in [2.24, 2.45) is 5.92 Å². The maximum atomic E-state index is 12.1. The van der Waals surface area contributed by atoms with E-state index in [4.69, 9.17) is 9.47 Å². The number of hydrogen-bond acceptors (Lipinski definition) is 4. The SMILES string of the molecule is CCCCCCCCCCCCC(=O)Oc1ccc(-c2ccc(OC(=O)C(C)CC)cc2)cc1. The molecule has 0 radical (unpaired) electrons. The van der Waals surface area contributed by atoms with Crippen LogP contribution in [0.15, 0.2) is 48.5 Å². The third kappa shape index (κ3) is 10.5. The number of carbonyl (C=O) groups is 2. The molecular weight excluding hydrogens is 424 g/mol. The van der Waals surface area contributed by atoms with Crippen LogP contribution >= 0.6 is 0 Å². The predicted octanol–water partition coefficient (Wildman–Crippen LogP) is 8.52.